The van der Waals surface area contributed by atoms with Crippen LogP contribution >= 0.6 is 0 Å². The highest BCUT2D eigenvalue weighted by atomic mass is 16.5. The molecule has 1 aromatic carbocycles. The molecule has 1 fully saturated rings. The maximum Gasteiger partial charge on any atom is 0.337 e. The Bertz CT molecular complexity index is 534. The number of carbonyl (C=O) groups excluding carboxylic acids is 2. The number of hydrogen-bond donors (Lipinski definition) is 2. The first-order chi connectivity index (χ1) is 9.46. The standard InChI is InChI=1S/C15H20N2O3/c1-10-5-6-11(13(18)20-2)9-12(10)17-14(19)15(16)7-3-4-8-15/h5-6,9H,3-4,7-8,16H2,1-2H3,(H,17,19). The van der Waals surface area contributed by atoms with Crippen LogP contribution in [0.2, 0.25) is 0 Å². The van der Waals surface area contributed by atoms with E-state index in [0.29, 0.717) is 24.1 Å². The van der Waals surface area contributed by atoms with E-state index in [1.165, 1.54) is 7.11 Å². The molecule has 3 N–H and O–H groups in total. The molecule has 1 amide bonds. The Morgan fingerprint density at radius 3 is 2.55 bits per heavy atom. The lowest BCUT2D eigenvalue weighted by atomic mass is 9.97. The molecule has 108 valence electrons. The number of amides is 1. The van der Waals surface area contributed by atoms with Gasteiger partial charge in [-0.25, -0.2) is 4.79 Å². The summed E-state index contributed by atoms with van der Waals surface area (Å²) in [6.45, 7) is 1.87. The molecule has 0 unspecified atom stereocenters. The summed E-state index contributed by atoms with van der Waals surface area (Å²) in [6.07, 6.45) is 3.36. The van der Waals surface area contributed by atoms with E-state index in [4.69, 9.17) is 5.73 Å². The monoisotopic (exact) mass is 276 g/mol. The van der Waals surface area contributed by atoms with Gasteiger partial charge in [-0.15, -0.1) is 0 Å². The van der Waals surface area contributed by atoms with Gasteiger partial charge >= 0.3 is 5.97 Å². The number of carbonyl (C=O) groups is 2. The van der Waals surface area contributed by atoms with Crippen LogP contribution < -0.4 is 11.1 Å². The van der Waals surface area contributed by atoms with Crippen molar-refractivity contribution >= 4 is 17.6 Å². The van der Waals surface area contributed by atoms with Crippen LogP contribution in [0.25, 0.3) is 0 Å². The number of aryl methyl sites for hydroxylation is 1. The van der Waals surface area contributed by atoms with E-state index in [-0.39, 0.29) is 5.91 Å². The third-order valence-electron chi connectivity index (χ3n) is 3.85. The fourth-order valence-corrected chi connectivity index (χ4v) is 2.48. The van der Waals surface area contributed by atoms with Crippen LogP contribution in [0, 0.1) is 6.92 Å². The first kappa shape index (κ1) is 14.5. The number of methoxy groups -OCH3 is 1. The van der Waals surface area contributed by atoms with E-state index < -0.39 is 11.5 Å². The second kappa shape index (κ2) is 5.63. The first-order valence-electron chi connectivity index (χ1n) is 6.75. The molecule has 1 aliphatic carbocycles. The molecule has 1 aliphatic rings. The lowest BCUT2D eigenvalue weighted by Gasteiger charge is -2.23. The summed E-state index contributed by atoms with van der Waals surface area (Å²) in [7, 11) is 1.33. The van der Waals surface area contributed by atoms with E-state index in [2.05, 4.69) is 10.1 Å². The van der Waals surface area contributed by atoms with Crippen molar-refractivity contribution in [3.05, 3.63) is 29.3 Å². The number of nitrogens with one attached hydrogen (secondary N) is 1. The van der Waals surface area contributed by atoms with Gasteiger partial charge in [-0.3, -0.25) is 4.79 Å². The maximum atomic E-state index is 12.3. The Kier molecular flexibility index (Phi) is 4.09. The molecule has 0 heterocycles. The summed E-state index contributed by atoms with van der Waals surface area (Å²) in [5, 5.41) is 2.84. The van der Waals surface area contributed by atoms with Crippen LogP contribution in [-0.4, -0.2) is 24.5 Å². The predicted octanol–water partition coefficient (Wildman–Crippen LogP) is 1.99. The minimum Gasteiger partial charge on any atom is -0.465 e. The zero-order chi connectivity index (χ0) is 14.8. The molecule has 0 spiro atoms. The molecule has 1 aromatic rings. The minimum atomic E-state index is -0.784. The van der Waals surface area contributed by atoms with E-state index in [1.807, 2.05) is 6.92 Å². The SMILES string of the molecule is COC(=O)c1ccc(C)c(NC(=O)C2(N)CCCC2)c1. The molecule has 0 aromatic heterocycles. The molecular weight excluding hydrogens is 256 g/mol. The maximum absolute atomic E-state index is 12.3. The van der Waals surface area contributed by atoms with Crippen molar-refractivity contribution in [2.75, 3.05) is 12.4 Å². The van der Waals surface area contributed by atoms with E-state index in [9.17, 15) is 9.59 Å². The Balaban J connectivity index is 2.20. The van der Waals surface area contributed by atoms with Crippen molar-refractivity contribution in [3.63, 3.8) is 0 Å². The fraction of sp³-hybridized carbons (Fsp3) is 0.467. The Labute approximate surface area is 118 Å². The summed E-state index contributed by atoms with van der Waals surface area (Å²) in [5.41, 5.74) is 7.23. The van der Waals surface area contributed by atoms with E-state index >= 15 is 0 Å². The number of anilines is 1. The molecule has 2 rings (SSSR count). The summed E-state index contributed by atoms with van der Waals surface area (Å²) in [5.74, 6) is -0.607. The summed E-state index contributed by atoms with van der Waals surface area (Å²) < 4.78 is 4.68. The number of nitrogens with two attached hydrogens (primary N) is 1. The van der Waals surface area contributed by atoms with Gasteiger partial charge in [-0.2, -0.15) is 0 Å². The first-order valence-corrected chi connectivity index (χ1v) is 6.75. The quantitative estimate of drug-likeness (QED) is 0.827. The highest BCUT2D eigenvalue weighted by Gasteiger charge is 2.37. The molecule has 0 radical (unpaired) electrons. The van der Waals surface area contributed by atoms with Crippen molar-refractivity contribution in [2.45, 2.75) is 38.1 Å². The molecule has 0 saturated heterocycles. The van der Waals surface area contributed by atoms with Gasteiger partial charge in [0.05, 0.1) is 18.2 Å². The normalized spacial score (nSPS) is 16.8. The van der Waals surface area contributed by atoms with Crippen LogP contribution in [0.3, 0.4) is 0 Å². The van der Waals surface area contributed by atoms with Gasteiger partial charge in [0.15, 0.2) is 0 Å². The third kappa shape index (κ3) is 2.82. The van der Waals surface area contributed by atoms with Gasteiger partial charge in [0.1, 0.15) is 0 Å². The molecule has 0 atom stereocenters. The number of benzene rings is 1. The van der Waals surface area contributed by atoms with Gasteiger partial charge in [-0.1, -0.05) is 18.9 Å². The topological polar surface area (TPSA) is 81.4 Å². The summed E-state index contributed by atoms with van der Waals surface area (Å²) in [6, 6.07) is 5.07. The average molecular weight is 276 g/mol. The zero-order valence-corrected chi connectivity index (χ0v) is 11.9. The highest BCUT2D eigenvalue weighted by Crippen LogP contribution is 2.29. The molecule has 5 nitrogen and oxygen atoms in total. The molecule has 1 saturated carbocycles. The molecule has 5 heteroatoms. The van der Waals surface area contributed by atoms with E-state index in [1.54, 1.807) is 18.2 Å². The largest absolute Gasteiger partial charge is 0.465 e. The van der Waals surface area contributed by atoms with Gasteiger partial charge in [0, 0.05) is 5.69 Å². The van der Waals surface area contributed by atoms with Crippen LogP contribution in [0.5, 0.6) is 0 Å². The van der Waals surface area contributed by atoms with E-state index in [0.717, 1.165) is 18.4 Å². The van der Waals surface area contributed by atoms with Crippen LogP contribution in [-0.2, 0) is 9.53 Å². The lowest BCUT2D eigenvalue weighted by molar-refractivity contribution is -0.121. The fourth-order valence-electron chi connectivity index (χ4n) is 2.48. The summed E-state index contributed by atoms with van der Waals surface area (Å²) in [4.78, 5) is 23.8. The number of rotatable bonds is 3. The van der Waals surface area contributed by atoms with Crippen molar-refractivity contribution in [1.29, 1.82) is 0 Å². The smallest absolute Gasteiger partial charge is 0.337 e. The Morgan fingerprint density at radius 2 is 1.95 bits per heavy atom. The van der Waals surface area contributed by atoms with Crippen LogP contribution in [0.1, 0.15) is 41.6 Å². The minimum absolute atomic E-state index is 0.180. The van der Waals surface area contributed by atoms with Crippen LogP contribution in [0.15, 0.2) is 18.2 Å². The number of esters is 1. The molecular formula is C15H20N2O3. The Morgan fingerprint density at radius 1 is 1.30 bits per heavy atom. The van der Waals surface area contributed by atoms with Gasteiger partial charge in [0.2, 0.25) is 5.91 Å². The van der Waals surface area contributed by atoms with Crippen molar-refractivity contribution in [1.82, 2.24) is 0 Å². The number of ether oxygens (including phenoxy) is 1. The second-order valence-corrected chi connectivity index (χ2v) is 5.34. The molecule has 20 heavy (non-hydrogen) atoms. The predicted molar refractivity (Wildman–Crippen MR) is 76.5 cm³/mol. The summed E-state index contributed by atoms with van der Waals surface area (Å²) >= 11 is 0. The lowest BCUT2D eigenvalue weighted by Crippen LogP contribution is -2.48. The Hall–Kier alpha value is -1.88. The van der Waals surface area contributed by atoms with Gasteiger partial charge in [-0.05, 0) is 37.5 Å². The third-order valence-corrected chi connectivity index (χ3v) is 3.85. The number of hydrogen-bond acceptors (Lipinski definition) is 4. The highest BCUT2D eigenvalue weighted by molar-refractivity contribution is 6.00. The molecule has 0 aliphatic heterocycles. The van der Waals surface area contributed by atoms with Gasteiger partial charge in [0.25, 0.3) is 0 Å². The zero-order valence-electron chi connectivity index (χ0n) is 11.9. The molecule has 0 bridgehead atoms. The van der Waals surface area contributed by atoms with Crippen molar-refractivity contribution < 1.29 is 14.3 Å². The van der Waals surface area contributed by atoms with Crippen LogP contribution in [0.4, 0.5) is 5.69 Å². The average Bonchev–Trinajstić information content (AvgIpc) is 2.88. The van der Waals surface area contributed by atoms with Crippen molar-refractivity contribution in [2.24, 2.45) is 5.73 Å². The second-order valence-electron chi connectivity index (χ2n) is 5.34. The van der Waals surface area contributed by atoms with Gasteiger partial charge < -0.3 is 15.8 Å². The van der Waals surface area contributed by atoms with Crippen molar-refractivity contribution in [3.8, 4) is 0 Å².